The summed E-state index contributed by atoms with van der Waals surface area (Å²) in [6.45, 7) is 0. The zero-order chi connectivity index (χ0) is 16.1. The number of hydrogen-bond acceptors (Lipinski definition) is 4. The van der Waals surface area contributed by atoms with Gasteiger partial charge >= 0.3 is 0 Å². The topological polar surface area (TPSA) is 59.3 Å². The van der Waals surface area contributed by atoms with E-state index in [1.165, 1.54) is 4.68 Å². The Hall–Kier alpha value is -2.21. The van der Waals surface area contributed by atoms with Crippen molar-refractivity contribution in [3.8, 4) is 5.69 Å². The molecule has 1 aliphatic carbocycles. The highest BCUT2D eigenvalue weighted by molar-refractivity contribution is 9.10. The second-order valence-corrected chi connectivity index (χ2v) is 6.15. The van der Waals surface area contributed by atoms with E-state index in [1.807, 2.05) is 36.5 Å². The Kier molecular flexibility index (Phi) is 5.02. The van der Waals surface area contributed by atoms with E-state index >= 15 is 0 Å². The summed E-state index contributed by atoms with van der Waals surface area (Å²) in [5, 5.41) is 8.44. The third-order valence-electron chi connectivity index (χ3n) is 3.70. The third-order valence-corrected chi connectivity index (χ3v) is 4.47. The number of hydrazone groups is 1. The summed E-state index contributed by atoms with van der Waals surface area (Å²) in [5.74, 6) is 0.448. The van der Waals surface area contributed by atoms with Gasteiger partial charge in [-0.3, -0.25) is 10.2 Å². The fourth-order valence-electron chi connectivity index (χ4n) is 2.43. The van der Waals surface area contributed by atoms with Gasteiger partial charge in [-0.05, 0) is 53.2 Å². The largest absolute Gasteiger partial charge is 0.287 e. The average Bonchev–Trinajstić information content (AvgIpc) is 2.60. The number of halogens is 1. The first-order valence-corrected chi connectivity index (χ1v) is 8.32. The van der Waals surface area contributed by atoms with E-state index in [4.69, 9.17) is 0 Å². The minimum atomic E-state index is -0.225. The van der Waals surface area contributed by atoms with Crippen LogP contribution in [0.5, 0.6) is 0 Å². The van der Waals surface area contributed by atoms with Gasteiger partial charge in [0.25, 0.3) is 5.56 Å². The minimum absolute atomic E-state index is 0.225. The number of para-hydroxylation sites is 1. The molecule has 1 atom stereocenters. The van der Waals surface area contributed by atoms with Crippen molar-refractivity contribution in [3.05, 3.63) is 63.5 Å². The van der Waals surface area contributed by atoms with E-state index < -0.39 is 0 Å². The van der Waals surface area contributed by atoms with Crippen LogP contribution >= 0.6 is 15.9 Å². The molecule has 23 heavy (non-hydrogen) atoms. The molecule has 0 aliphatic heterocycles. The van der Waals surface area contributed by atoms with E-state index in [0.717, 1.165) is 24.9 Å². The van der Waals surface area contributed by atoms with Crippen LogP contribution < -0.4 is 11.0 Å². The van der Waals surface area contributed by atoms with Gasteiger partial charge in [0.1, 0.15) is 4.47 Å². The Morgan fingerprint density at radius 1 is 1.30 bits per heavy atom. The maximum atomic E-state index is 12.4. The normalized spacial score (nSPS) is 17.5. The van der Waals surface area contributed by atoms with Crippen molar-refractivity contribution in [1.29, 1.82) is 0 Å². The predicted molar refractivity (Wildman–Crippen MR) is 96.1 cm³/mol. The second-order valence-electron chi connectivity index (χ2n) is 5.36. The van der Waals surface area contributed by atoms with Crippen molar-refractivity contribution in [2.45, 2.75) is 19.3 Å². The summed E-state index contributed by atoms with van der Waals surface area (Å²) < 4.78 is 1.77. The van der Waals surface area contributed by atoms with Crippen LogP contribution in [0.2, 0.25) is 0 Å². The van der Waals surface area contributed by atoms with Crippen molar-refractivity contribution in [3.63, 3.8) is 0 Å². The van der Waals surface area contributed by atoms with Crippen molar-refractivity contribution in [2.24, 2.45) is 11.0 Å². The van der Waals surface area contributed by atoms with Gasteiger partial charge in [-0.15, -0.1) is 0 Å². The number of aromatic nitrogens is 2. The average molecular weight is 373 g/mol. The summed E-state index contributed by atoms with van der Waals surface area (Å²) in [6.07, 6.45) is 11.1. The summed E-state index contributed by atoms with van der Waals surface area (Å²) in [7, 11) is 0. The monoisotopic (exact) mass is 372 g/mol. The fraction of sp³-hybridized carbons (Fsp3) is 0.235. The predicted octanol–water partition coefficient (Wildman–Crippen LogP) is 3.75. The second kappa shape index (κ2) is 7.37. The van der Waals surface area contributed by atoms with Gasteiger partial charge in [0.15, 0.2) is 0 Å². The highest BCUT2D eigenvalue weighted by Crippen LogP contribution is 2.19. The lowest BCUT2D eigenvalue weighted by Gasteiger charge is -2.12. The number of allylic oxidation sites excluding steroid dienone is 2. The number of nitrogens with zero attached hydrogens (tertiary/aromatic N) is 3. The molecule has 0 saturated heterocycles. The van der Waals surface area contributed by atoms with Gasteiger partial charge in [-0.2, -0.15) is 14.9 Å². The maximum absolute atomic E-state index is 12.4. The first kappa shape index (κ1) is 15.7. The molecule has 5 nitrogen and oxygen atoms in total. The standard InChI is InChI=1S/C17H17BrN4O/c18-16-15(21-19-11-13-7-3-1-4-8-13)12-20-22(17(16)23)14-9-5-2-6-10-14/h1-3,5-6,9-13,21H,4,7-8H2. The number of anilines is 1. The van der Waals surface area contributed by atoms with Crippen LogP contribution in [0, 0.1) is 5.92 Å². The number of rotatable bonds is 4. The lowest BCUT2D eigenvalue weighted by atomic mass is 9.96. The molecule has 0 fully saturated rings. The van der Waals surface area contributed by atoms with Gasteiger partial charge < -0.3 is 0 Å². The SMILES string of the molecule is O=c1c(Br)c(NN=CC2CC=CCC2)cnn1-c1ccccc1. The summed E-state index contributed by atoms with van der Waals surface area (Å²) in [6, 6.07) is 9.30. The summed E-state index contributed by atoms with van der Waals surface area (Å²) >= 11 is 3.33. The number of nitrogens with one attached hydrogen (secondary N) is 1. The molecule has 1 aromatic carbocycles. The van der Waals surface area contributed by atoms with Crippen LogP contribution in [0.1, 0.15) is 19.3 Å². The lowest BCUT2D eigenvalue weighted by molar-refractivity contribution is 0.627. The van der Waals surface area contributed by atoms with Gasteiger partial charge in [0, 0.05) is 6.21 Å². The van der Waals surface area contributed by atoms with E-state index in [0.29, 0.717) is 16.1 Å². The van der Waals surface area contributed by atoms with E-state index in [9.17, 15) is 4.79 Å². The number of hydrogen-bond donors (Lipinski definition) is 1. The zero-order valence-corrected chi connectivity index (χ0v) is 14.1. The molecule has 1 N–H and O–H groups in total. The molecule has 1 unspecified atom stereocenters. The van der Waals surface area contributed by atoms with Crippen molar-refractivity contribution >= 4 is 27.8 Å². The van der Waals surface area contributed by atoms with Crippen molar-refractivity contribution < 1.29 is 0 Å². The smallest absolute Gasteiger partial charge is 0.276 e. The van der Waals surface area contributed by atoms with Crippen LogP contribution in [0.25, 0.3) is 5.69 Å². The van der Waals surface area contributed by atoms with Gasteiger partial charge in [-0.1, -0.05) is 30.4 Å². The van der Waals surface area contributed by atoms with E-state index in [2.05, 4.69) is 43.7 Å². The minimum Gasteiger partial charge on any atom is -0.276 e. The lowest BCUT2D eigenvalue weighted by Crippen LogP contribution is -2.22. The molecule has 118 valence electrons. The molecular formula is C17H17BrN4O. The quantitative estimate of drug-likeness (QED) is 0.505. The first-order chi connectivity index (χ1) is 11.3. The molecule has 0 amide bonds. The summed E-state index contributed by atoms with van der Waals surface area (Å²) in [5.41, 5.74) is 3.96. The molecule has 1 heterocycles. The molecule has 2 aromatic rings. The molecule has 0 spiro atoms. The molecular weight excluding hydrogens is 356 g/mol. The van der Waals surface area contributed by atoms with Crippen molar-refractivity contribution in [2.75, 3.05) is 5.43 Å². The molecule has 1 aromatic heterocycles. The van der Waals surface area contributed by atoms with Crippen LogP contribution in [-0.2, 0) is 0 Å². The molecule has 1 aliphatic rings. The van der Waals surface area contributed by atoms with Gasteiger partial charge in [0.2, 0.25) is 0 Å². The van der Waals surface area contributed by atoms with Crippen LogP contribution in [-0.4, -0.2) is 16.0 Å². The third kappa shape index (κ3) is 3.76. The fourth-order valence-corrected chi connectivity index (χ4v) is 2.79. The number of benzene rings is 1. The summed E-state index contributed by atoms with van der Waals surface area (Å²) in [4.78, 5) is 12.4. The highest BCUT2D eigenvalue weighted by atomic mass is 79.9. The molecule has 6 heteroatoms. The Morgan fingerprint density at radius 2 is 2.13 bits per heavy atom. The Labute approximate surface area is 142 Å². The zero-order valence-electron chi connectivity index (χ0n) is 12.5. The van der Waals surface area contributed by atoms with Gasteiger partial charge in [-0.25, -0.2) is 0 Å². The molecule has 0 saturated carbocycles. The van der Waals surface area contributed by atoms with Crippen LogP contribution in [0.4, 0.5) is 5.69 Å². The van der Waals surface area contributed by atoms with E-state index in [1.54, 1.807) is 6.20 Å². The van der Waals surface area contributed by atoms with Crippen LogP contribution in [0.15, 0.2) is 63.0 Å². The Balaban J connectivity index is 1.77. The molecule has 0 radical (unpaired) electrons. The molecule has 3 rings (SSSR count). The maximum Gasteiger partial charge on any atom is 0.287 e. The van der Waals surface area contributed by atoms with E-state index in [-0.39, 0.29) is 5.56 Å². The first-order valence-electron chi connectivity index (χ1n) is 7.53. The Bertz CT molecular complexity index is 783. The Morgan fingerprint density at radius 3 is 2.87 bits per heavy atom. The van der Waals surface area contributed by atoms with Crippen LogP contribution in [0.3, 0.4) is 0 Å². The van der Waals surface area contributed by atoms with Crippen molar-refractivity contribution in [1.82, 2.24) is 9.78 Å². The molecule has 0 bridgehead atoms. The highest BCUT2D eigenvalue weighted by Gasteiger charge is 2.10. The van der Waals surface area contributed by atoms with Gasteiger partial charge in [0.05, 0.1) is 17.6 Å².